The summed E-state index contributed by atoms with van der Waals surface area (Å²) in [5.41, 5.74) is 3.37. The minimum absolute atomic E-state index is 0.150. The average Bonchev–Trinajstić information content (AvgIpc) is 2.48. The van der Waals surface area contributed by atoms with Crippen molar-refractivity contribution in [1.82, 2.24) is 0 Å². The Labute approximate surface area is 125 Å². The lowest BCUT2D eigenvalue weighted by Crippen LogP contribution is -2.13. The summed E-state index contributed by atoms with van der Waals surface area (Å²) in [5.74, 6) is 0.189. The standard InChI is InChI=1S/C18H18N2O/c1-13(2)16-8-3-4-9-17(16)20-18(21)15-7-5-6-14(12-15)10-11-19/h3-9,12-13H,10H2,1-2H3,(H,20,21). The van der Waals surface area contributed by atoms with E-state index in [0.29, 0.717) is 17.9 Å². The van der Waals surface area contributed by atoms with Gasteiger partial charge in [-0.15, -0.1) is 0 Å². The monoisotopic (exact) mass is 278 g/mol. The van der Waals surface area contributed by atoms with Crippen LogP contribution in [0.5, 0.6) is 0 Å². The molecule has 21 heavy (non-hydrogen) atoms. The first-order valence-electron chi connectivity index (χ1n) is 6.98. The summed E-state index contributed by atoms with van der Waals surface area (Å²) in [6.07, 6.45) is 0.309. The highest BCUT2D eigenvalue weighted by atomic mass is 16.1. The lowest BCUT2D eigenvalue weighted by atomic mass is 10.0. The maximum Gasteiger partial charge on any atom is 0.255 e. The van der Waals surface area contributed by atoms with Crippen LogP contribution in [0.15, 0.2) is 48.5 Å². The minimum Gasteiger partial charge on any atom is -0.322 e. The molecule has 0 heterocycles. The maximum absolute atomic E-state index is 12.4. The predicted molar refractivity (Wildman–Crippen MR) is 84.2 cm³/mol. The van der Waals surface area contributed by atoms with Crippen molar-refractivity contribution in [3.05, 3.63) is 65.2 Å². The number of carbonyl (C=O) groups excluding carboxylic acids is 1. The first-order chi connectivity index (χ1) is 10.1. The molecule has 0 fully saturated rings. The van der Waals surface area contributed by atoms with Gasteiger partial charge in [0.15, 0.2) is 0 Å². The molecule has 0 atom stereocenters. The topological polar surface area (TPSA) is 52.9 Å². The Hall–Kier alpha value is -2.60. The molecule has 0 aliphatic rings. The van der Waals surface area contributed by atoms with Gasteiger partial charge >= 0.3 is 0 Å². The van der Waals surface area contributed by atoms with Crippen LogP contribution in [0.25, 0.3) is 0 Å². The van der Waals surface area contributed by atoms with E-state index in [0.717, 1.165) is 16.8 Å². The Balaban J connectivity index is 2.23. The Kier molecular flexibility index (Phi) is 4.73. The summed E-state index contributed by atoms with van der Waals surface area (Å²) >= 11 is 0. The molecule has 0 saturated carbocycles. The summed E-state index contributed by atoms with van der Waals surface area (Å²) in [7, 11) is 0. The summed E-state index contributed by atoms with van der Waals surface area (Å²) in [5, 5.41) is 11.7. The first kappa shape index (κ1) is 14.8. The summed E-state index contributed by atoms with van der Waals surface area (Å²) in [6, 6.07) is 17.1. The molecule has 0 unspecified atom stereocenters. The van der Waals surface area contributed by atoms with Crippen molar-refractivity contribution < 1.29 is 4.79 Å². The summed E-state index contributed by atoms with van der Waals surface area (Å²) in [6.45, 7) is 4.19. The van der Waals surface area contributed by atoms with Crippen LogP contribution >= 0.6 is 0 Å². The molecule has 2 aromatic rings. The zero-order valence-corrected chi connectivity index (χ0v) is 12.3. The van der Waals surface area contributed by atoms with Gasteiger partial charge in [-0.2, -0.15) is 5.26 Å². The number of para-hydroxylation sites is 1. The number of nitrogens with zero attached hydrogens (tertiary/aromatic N) is 1. The largest absolute Gasteiger partial charge is 0.322 e. The molecule has 0 spiro atoms. The van der Waals surface area contributed by atoms with Crippen molar-refractivity contribution in [2.24, 2.45) is 0 Å². The lowest BCUT2D eigenvalue weighted by Gasteiger charge is -2.13. The third-order valence-electron chi connectivity index (χ3n) is 3.30. The van der Waals surface area contributed by atoms with E-state index in [-0.39, 0.29) is 5.91 Å². The SMILES string of the molecule is CC(C)c1ccccc1NC(=O)c1cccc(CC#N)c1. The molecule has 0 aromatic heterocycles. The van der Waals surface area contributed by atoms with Crippen LogP contribution in [0.1, 0.15) is 41.3 Å². The molecular formula is C18H18N2O. The Morgan fingerprint density at radius 3 is 2.67 bits per heavy atom. The summed E-state index contributed by atoms with van der Waals surface area (Å²) < 4.78 is 0. The van der Waals surface area contributed by atoms with Gasteiger partial charge < -0.3 is 5.32 Å². The first-order valence-corrected chi connectivity index (χ1v) is 6.98. The minimum atomic E-state index is -0.150. The molecule has 0 radical (unpaired) electrons. The van der Waals surface area contributed by atoms with Gasteiger partial charge in [0.1, 0.15) is 0 Å². The van der Waals surface area contributed by atoms with E-state index in [2.05, 4.69) is 25.2 Å². The highest BCUT2D eigenvalue weighted by Gasteiger charge is 2.11. The molecule has 2 aromatic carbocycles. The second-order valence-corrected chi connectivity index (χ2v) is 5.23. The fourth-order valence-corrected chi connectivity index (χ4v) is 2.22. The van der Waals surface area contributed by atoms with Crippen LogP contribution in [0.2, 0.25) is 0 Å². The van der Waals surface area contributed by atoms with Crippen molar-refractivity contribution in [1.29, 1.82) is 5.26 Å². The lowest BCUT2D eigenvalue weighted by molar-refractivity contribution is 0.102. The van der Waals surface area contributed by atoms with Crippen LogP contribution in [-0.4, -0.2) is 5.91 Å². The van der Waals surface area contributed by atoms with Crippen LogP contribution in [0, 0.1) is 11.3 Å². The smallest absolute Gasteiger partial charge is 0.255 e. The van der Waals surface area contributed by atoms with Crippen molar-refractivity contribution >= 4 is 11.6 Å². The number of hydrogen-bond acceptors (Lipinski definition) is 2. The normalized spacial score (nSPS) is 10.2. The Morgan fingerprint density at radius 2 is 1.95 bits per heavy atom. The second-order valence-electron chi connectivity index (χ2n) is 5.23. The zero-order valence-electron chi connectivity index (χ0n) is 12.3. The third-order valence-corrected chi connectivity index (χ3v) is 3.30. The fourth-order valence-electron chi connectivity index (χ4n) is 2.22. The molecule has 1 amide bonds. The van der Waals surface area contributed by atoms with Gasteiger partial charge in [-0.3, -0.25) is 4.79 Å². The fraction of sp³-hybridized carbons (Fsp3) is 0.222. The number of hydrogen-bond donors (Lipinski definition) is 1. The molecule has 3 heteroatoms. The summed E-state index contributed by atoms with van der Waals surface area (Å²) in [4.78, 5) is 12.4. The number of nitrogens with one attached hydrogen (secondary N) is 1. The van der Waals surface area contributed by atoms with E-state index in [9.17, 15) is 4.79 Å². The number of rotatable bonds is 4. The van der Waals surface area contributed by atoms with Crippen LogP contribution in [0.4, 0.5) is 5.69 Å². The molecule has 0 saturated heterocycles. The van der Waals surface area contributed by atoms with Gasteiger partial charge in [-0.1, -0.05) is 44.2 Å². The average molecular weight is 278 g/mol. The number of amides is 1. The van der Waals surface area contributed by atoms with Crippen molar-refractivity contribution in [3.63, 3.8) is 0 Å². The van der Waals surface area contributed by atoms with Crippen molar-refractivity contribution in [2.75, 3.05) is 5.32 Å². The highest BCUT2D eigenvalue weighted by Crippen LogP contribution is 2.24. The Bertz CT molecular complexity index is 684. The van der Waals surface area contributed by atoms with E-state index >= 15 is 0 Å². The number of anilines is 1. The zero-order chi connectivity index (χ0) is 15.2. The van der Waals surface area contributed by atoms with Crippen LogP contribution in [0.3, 0.4) is 0 Å². The molecule has 0 aliphatic carbocycles. The molecule has 0 bridgehead atoms. The van der Waals surface area contributed by atoms with E-state index < -0.39 is 0 Å². The van der Waals surface area contributed by atoms with E-state index in [1.54, 1.807) is 18.2 Å². The van der Waals surface area contributed by atoms with Gasteiger partial charge in [0, 0.05) is 11.3 Å². The second kappa shape index (κ2) is 6.71. The van der Waals surface area contributed by atoms with Gasteiger partial charge in [0.25, 0.3) is 5.91 Å². The molecule has 106 valence electrons. The maximum atomic E-state index is 12.4. The van der Waals surface area contributed by atoms with Crippen LogP contribution in [-0.2, 0) is 6.42 Å². The van der Waals surface area contributed by atoms with Gasteiger partial charge in [0.05, 0.1) is 12.5 Å². The van der Waals surface area contributed by atoms with E-state index in [1.165, 1.54) is 0 Å². The van der Waals surface area contributed by atoms with E-state index in [4.69, 9.17) is 5.26 Å². The molecule has 2 rings (SSSR count). The van der Waals surface area contributed by atoms with Gasteiger partial charge in [0.2, 0.25) is 0 Å². The Morgan fingerprint density at radius 1 is 1.19 bits per heavy atom. The molecule has 1 N–H and O–H groups in total. The predicted octanol–water partition coefficient (Wildman–Crippen LogP) is 4.13. The van der Waals surface area contributed by atoms with Gasteiger partial charge in [-0.05, 0) is 35.2 Å². The number of benzene rings is 2. The third kappa shape index (κ3) is 3.70. The molecular weight excluding hydrogens is 260 g/mol. The quantitative estimate of drug-likeness (QED) is 0.914. The molecule has 0 aliphatic heterocycles. The molecule has 3 nitrogen and oxygen atoms in total. The van der Waals surface area contributed by atoms with Crippen molar-refractivity contribution in [2.45, 2.75) is 26.2 Å². The van der Waals surface area contributed by atoms with Crippen molar-refractivity contribution in [3.8, 4) is 6.07 Å². The number of carbonyl (C=O) groups is 1. The van der Waals surface area contributed by atoms with Gasteiger partial charge in [-0.25, -0.2) is 0 Å². The van der Waals surface area contributed by atoms with E-state index in [1.807, 2.05) is 30.3 Å². The number of nitriles is 1. The van der Waals surface area contributed by atoms with Crippen LogP contribution < -0.4 is 5.32 Å². The highest BCUT2D eigenvalue weighted by molar-refractivity contribution is 6.04.